The summed E-state index contributed by atoms with van der Waals surface area (Å²) in [7, 11) is -3.88. The monoisotopic (exact) mass is 457 g/mol. The number of aliphatic carboxylic acids is 1. The molecule has 2 rings (SSSR count). The van der Waals surface area contributed by atoms with Gasteiger partial charge in [-0.3, -0.25) is 4.79 Å². The Labute approximate surface area is 144 Å². The van der Waals surface area contributed by atoms with E-state index < -0.39 is 22.0 Å². The number of carboxylic acid groups (broad SMARTS) is 1. The Hall–Kier alpha value is -0.0900. The van der Waals surface area contributed by atoms with Crippen molar-refractivity contribution < 1.29 is 18.3 Å². The summed E-state index contributed by atoms with van der Waals surface area (Å²) < 4.78 is 28.0. The predicted octanol–water partition coefficient (Wildman–Crippen LogP) is 3.14. The maximum atomic E-state index is 12.9. The molecule has 1 aromatic rings. The van der Waals surface area contributed by atoms with Crippen molar-refractivity contribution in [3.63, 3.8) is 0 Å². The van der Waals surface area contributed by atoms with Crippen LogP contribution in [0.3, 0.4) is 0 Å². The van der Waals surface area contributed by atoms with E-state index in [4.69, 9.17) is 0 Å². The van der Waals surface area contributed by atoms with E-state index >= 15 is 0 Å². The van der Waals surface area contributed by atoms with Crippen molar-refractivity contribution in [2.75, 3.05) is 5.75 Å². The van der Waals surface area contributed by atoms with Crippen LogP contribution in [0.1, 0.15) is 13.3 Å². The smallest absolute Gasteiger partial charge is 0.322 e. The van der Waals surface area contributed by atoms with E-state index in [1.165, 1.54) is 17.8 Å². The first-order valence-electron chi connectivity index (χ1n) is 6.12. The number of hydrogen-bond acceptors (Lipinski definition) is 4. The summed E-state index contributed by atoms with van der Waals surface area (Å²) >= 11 is 7.87. The maximum Gasteiger partial charge on any atom is 0.322 e. The Morgan fingerprint density at radius 2 is 2.14 bits per heavy atom. The van der Waals surface area contributed by atoms with Gasteiger partial charge in [0.25, 0.3) is 0 Å². The van der Waals surface area contributed by atoms with Crippen molar-refractivity contribution in [3.8, 4) is 0 Å². The van der Waals surface area contributed by atoms with Crippen LogP contribution in [0, 0.1) is 0 Å². The van der Waals surface area contributed by atoms with Crippen LogP contribution in [-0.2, 0) is 14.8 Å². The van der Waals surface area contributed by atoms with E-state index in [9.17, 15) is 18.3 Å². The lowest BCUT2D eigenvalue weighted by Gasteiger charge is -2.26. The summed E-state index contributed by atoms with van der Waals surface area (Å²) in [4.78, 5) is 11.4. The van der Waals surface area contributed by atoms with Crippen LogP contribution in [0.25, 0.3) is 0 Å². The summed E-state index contributed by atoms with van der Waals surface area (Å²) in [6.45, 7) is 1.85. The van der Waals surface area contributed by atoms with Gasteiger partial charge in [-0.15, -0.1) is 11.8 Å². The fourth-order valence-electron chi connectivity index (χ4n) is 2.15. The van der Waals surface area contributed by atoms with E-state index in [-0.39, 0.29) is 16.0 Å². The second-order valence-electron chi connectivity index (χ2n) is 4.46. The minimum Gasteiger partial charge on any atom is -0.480 e. The summed E-state index contributed by atoms with van der Waals surface area (Å²) in [5.74, 6) is -0.850. The molecule has 2 unspecified atom stereocenters. The van der Waals surface area contributed by atoms with Gasteiger partial charge in [0.05, 0.1) is 10.3 Å². The van der Waals surface area contributed by atoms with Crippen LogP contribution in [0.15, 0.2) is 32.0 Å². The molecular formula is C12H13Br2NO4S2. The van der Waals surface area contributed by atoms with Gasteiger partial charge in [-0.25, -0.2) is 8.42 Å². The number of sulfonamides is 1. The first-order chi connectivity index (χ1) is 9.78. The number of carboxylic acids is 1. The molecule has 9 heteroatoms. The molecule has 0 amide bonds. The van der Waals surface area contributed by atoms with Gasteiger partial charge >= 0.3 is 5.97 Å². The molecule has 0 aliphatic carbocycles. The number of rotatable bonds is 4. The third-order valence-corrected chi connectivity index (χ3v) is 8.10. The van der Waals surface area contributed by atoms with Crippen molar-refractivity contribution in [1.82, 2.24) is 4.31 Å². The maximum absolute atomic E-state index is 12.9. The molecule has 1 saturated heterocycles. The van der Waals surface area contributed by atoms with Gasteiger partial charge in [0.1, 0.15) is 6.04 Å². The molecule has 0 saturated carbocycles. The molecular weight excluding hydrogens is 446 g/mol. The fraction of sp³-hybridized carbons (Fsp3) is 0.417. The molecule has 1 heterocycles. The Morgan fingerprint density at radius 3 is 2.67 bits per heavy atom. The molecule has 0 bridgehead atoms. The van der Waals surface area contributed by atoms with Crippen LogP contribution in [0.4, 0.5) is 0 Å². The van der Waals surface area contributed by atoms with Crippen LogP contribution >= 0.6 is 43.6 Å². The third-order valence-electron chi connectivity index (χ3n) is 3.12. The molecule has 116 valence electrons. The van der Waals surface area contributed by atoms with Gasteiger partial charge in [-0.05, 0) is 40.5 Å². The number of benzene rings is 1. The van der Waals surface area contributed by atoms with E-state index in [2.05, 4.69) is 31.9 Å². The highest BCUT2D eigenvalue weighted by Gasteiger charge is 2.46. The largest absolute Gasteiger partial charge is 0.480 e. The highest BCUT2D eigenvalue weighted by atomic mass is 79.9. The van der Waals surface area contributed by atoms with Crippen LogP contribution in [0.5, 0.6) is 0 Å². The van der Waals surface area contributed by atoms with Gasteiger partial charge in [-0.1, -0.05) is 22.9 Å². The molecule has 0 spiro atoms. The zero-order valence-electron chi connectivity index (χ0n) is 11.0. The lowest BCUT2D eigenvalue weighted by molar-refractivity contribution is -0.140. The quantitative estimate of drug-likeness (QED) is 0.750. The average Bonchev–Trinajstić information content (AvgIpc) is 2.82. The summed E-state index contributed by atoms with van der Waals surface area (Å²) in [5.41, 5.74) is 0. The first kappa shape index (κ1) is 17.3. The highest BCUT2D eigenvalue weighted by molar-refractivity contribution is 9.11. The molecule has 1 aromatic carbocycles. The number of halogens is 2. The highest BCUT2D eigenvalue weighted by Crippen LogP contribution is 2.38. The normalized spacial score (nSPS) is 23.4. The van der Waals surface area contributed by atoms with Gasteiger partial charge < -0.3 is 5.11 Å². The Bertz CT molecular complexity index is 665. The zero-order valence-corrected chi connectivity index (χ0v) is 15.8. The van der Waals surface area contributed by atoms with Crippen molar-refractivity contribution in [1.29, 1.82) is 0 Å². The molecule has 2 atom stereocenters. The molecule has 1 fully saturated rings. The second-order valence-corrected chi connectivity index (χ2v) is 9.25. The van der Waals surface area contributed by atoms with E-state index in [0.717, 1.165) is 8.78 Å². The van der Waals surface area contributed by atoms with Crippen molar-refractivity contribution in [2.45, 2.75) is 29.7 Å². The first-order valence-corrected chi connectivity index (χ1v) is 10.2. The third kappa shape index (κ3) is 3.31. The lowest BCUT2D eigenvalue weighted by Crippen LogP contribution is -2.45. The lowest BCUT2D eigenvalue weighted by atomic mass is 10.3. The minimum absolute atomic E-state index is 0.0814. The number of nitrogens with zero attached hydrogens (tertiary/aromatic N) is 1. The summed E-state index contributed by atoms with van der Waals surface area (Å²) in [5, 5.41) is 8.93. The van der Waals surface area contributed by atoms with Crippen LogP contribution in [-0.4, -0.2) is 41.0 Å². The van der Waals surface area contributed by atoms with Crippen molar-refractivity contribution in [3.05, 3.63) is 27.1 Å². The SMILES string of the molecule is CCC1SCC(C(=O)O)N1S(=O)(=O)c1ccc(Br)cc1Br. The van der Waals surface area contributed by atoms with Crippen LogP contribution in [0.2, 0.25) is 0 Å². The Morgan fingerprint density at radius 1 is 1.48 bits per heavy atom. The van der Waals surface area contributed by atoms with Gasteiger partial charge in [0.15, 0.2) is 0 Å². The Kier molecular flexibility index (Phi) is 5.40. The predicted molar refractivity (Wildman–Crippen MR) is 88.8 cm³/mol. The van der Waals surface area contributed by atoms with Crippen molar-refractivity contribution >= 4 is 59.6 Å². The number of carbonyl (C=O) groups is 1. The van der Waals surface area contributed by atoms with Crippen molar-refractivity contribution in [2.24, 2.45) is 0 Å². The number of thioether (sulfide) groups is 1. The topological polar surface area (TPSA) is 74.7 Å². The molecule has 0 aromatic heterocycles. The van der Waals surface area contributed by atoms with Crippen LogP contribution < -0.4 is 0 Å². The van der Waals surface area contributed by atoms with Gasteiger partial charge in [-0.2, -0.15) is 4.31 Å². The molecule has 1 N–H and O–H groups in total. The zero-order chi connectivity index (χ0) is 15.8. The molecule has 0 radical (unpaired) electrons. The second kappa shape index (κ2) is 6.57. The minimum atomic E-state index is -3.88. The van der Waals surface area contributed by atoms with E-state index in [1.807, 2.05) is 6.92 Å². The van der Waals surface area contributed by atoms with E-state index in [0.29, 0.717) is 10.9 Å². The summed E-state index contributed by atoms with van der Waals surface area (Å²) in [6.07, 6.45) is 0.557. The standard InChI is InChI=1S/C12H13Br2NO4S2/c1-2-11-15(9(6-20-11)12(16)17)21(18,19)10-4-3-7(13)5-8(10)14/h3-5,9,11H,2,6H2,1H3,(H,16,17). The fourth-order valence-corrected chi connectivity index (χ4v) is 7.39. The Balaban J connectivity index is 2.52. The molecule has 5 nitrogen and oxygen atoms in total. The van der Waals surface area contributed by atoms with E-state index in [1.54, 1.807) is 12.1 Å². The molecule has 21 heavy (non-hydrogen) atoms. The molecule has 1 aliphatic rings. The summed E-state index contributed by atoms with van der Waals surface area (Å²) in [6, 6.07) is 3.70. The number of hydrogen-bond donors (Lipinski definition) is 1. The van der Waals surface area contributed by atoms with Gasteiger partial charge in [0, 0.05) is 14.7 Å². The van der Waals surface area contributed by atoms with Gasteiger partial charge in [0.2, 0.25) is 10.0 Å². The average molecular weight is 459 g/mol. The molecule has 1 aliphatic heterocycles.